The van der Waals surface area contributed by atoms with E-state index in [0.29, 0.717) is 13.1 Å². The quantitative estimate of drug-likeness (QED) is 0.690. The van der Waals surface area contributed by atoms with Crippen molar-refractivity contribution in [2.24, 2.45) is 0 Å². The summed E-state index contributed by atoms with van der Waals surface area (Å²) in [5.74, 6) is 0. The van der Waals surface area contributed by atoms with E-state index in [1.165, 1.54) is 33.9 Å². The van der Waals surface area contributed by atoms with Crippen molar-refractivity contribution < 1.29 is 14.8 Å². The number of benzene rings is 2. The van der Waals surface area contributed by atoms with Gasteiger partial charge in [-0.2, -0.15) is 4.58 Å². The van der Waals surface area contributed by atoms with Crippen LogP contribution in [-0.2, 0) is 10.8 Å². The first-order valence-electron chi connectivity index (χ1n) is 11.1. The van der Waals surface area contributed by atoms with E-state index in [2.05, 4.69) is 104 Å². The van der Waals surface area contributed by atoms with E-state index in [4.69, 9.17) is 0 Å². The summed E-state index contributed by atoms with van der Waals surface area (Å²) in [5.41, 5.74) is 6.99. The molecule has 0 saturated heterocycles. The molecule has 2 aromatic rings. The van der Waals surface area contributed by atoms with E-state index in [1.54, 1.807) is 0 Å². The highest BCUT2D eigenvalue weighted by Gasteiger charge is 2.44. The SMILES string of the molecule is CC1(C)C(/C=C/C=C2\N(CCO)c3ccccc3C2(C)C)=[N+](CCO)c2ccccc21. The molecule has 0 radical (unpaired) electrons. The molecule has 4 nitrogen and oxygen atoms in total. The summed E-state index contributed by atoms with van der Waals surface area (Å²) in [6.45, 7) is 10.3. The van der Waals surface area contributed by atoms with E-state index < -0.39 is 0 Å². The molecule has 0 bridgehead atoms. The van der Waals surface area contributed by atoms with Crippen molar-refractivity contribution in [2.45, 2.75) is 38.5 Å². The zero-order chi connectivity index (χ0) is 22.2. The molecule has 0 atom stereocenters. The number of aliphatic hydroxyl groups excluding tert-OH is 2. The lowest BCUT2D eigenvalue weighted by Gasteiger charge is -2.26. The van der Waals surface area contributed by atoms with E-state index >= 15 is 0 Å². The number of β-amino-alcohol motifs (C(OH)–C–C–N with tert-alkyl or cyclic N) is 2. The Hall–Kier alpha value is -2.69. The van der Waals surface area contributed by atoms with Gasteiger partial charge in [-0.15, -0.1) is 0 Å². The standard InChI is InChI=1S/C27H33N2O2/c1-26(2)20-10-5-7-12-22(20)28(16-18-30)24(26)14-9-15-25-27(3,4)21-11-6-8-13-23(21)29(25)17-19-31/h5-15,30-31H,16-19H2,1-4H3/q+1. The van der Waals surface area contributed by atoms with Crippen LogP contribution in [0.25, 0.3) is 0 Å². The first kappa shape index (κ1) is 21.5. The van der Waals surface area contributed by atoms with Crippen LogP contribution in [0.4, 0.5) is 11.4 Å². The number of allylic oxidation sites excluding steroid dienone is 4. The molecule has 2 N–H and O–H groups in total. The van der Waals surface area contributed by atoms with Gasteiger partial charge in [0.15, 0.2) is 12.3 Å². The van der Waals surface area contributed by atoms with Crippen LogP contribution in [0.3, 0.4) is 0 Å². The molecular weight excluding hydrogens is 384 g/mol. The van der Waals surface area contributed by atoms with Crippen LogP contribution in [0.2, 0.25) is 0 Å². The minimum absolute atomic E-state index is 0.107. The van der Waals surface area contributed by atoms with Gasteiger partial charge in [0.1, 0.15) is 6.61 Å². The fraction of sp³-hybridized carbons (Fsp3) is 0.370. The number of aliphatic hydroxyl groups is 2. The van der Waals surface area contributed by atoms with Crippen molar-refractivity contribution in [3.05, 3.63) is 83.6 Å². The van der Waals surface area contributed by atoms with Gasteiger partial charge in [0, 0.05) is 41.1 Å². The monoisotopic (exact) mass is 417 g/mol. The molecular formula is C27H33N2O2+. The normalized spacial score (nSPS) is 20.1. The van der Waals surface area contributed by atoms with Gasteiger partial charge in [-0.3, -0.25) is 0 Å². The lowest BCUT2D eigenvalue weighted by molar-refractivity contribution is -0.441. The minimum atomic E-state index is -0.139. The average molecular weight is 418 g/mol. The second-order valence-corrected chi connectivity index (χ2v) is 9.33. The smallest absolute Gasteiger partial charge is 0.209 e. The number of anilines is 1. The van der Waals surface area contributed by atoms with E-state index in [9.17, 15) is 10.2 Å². The van der Waals surface area contributed by atoms with Gasteiger partial charge in [-0.05, 0) is 31.6 Å². The topological polar surface area (TPSA) is 46.7 Å². The fourth-order valence-electron chi connectivity index (χ4n) is 5.19. The van der Waals surface area contributed by atoms with E-state index in [1.807, 2.05) is 0 Å². The van der Waals surface area contributed by atoms with E-state index in [-0.39, 0.29) is 24.0 Å². The Morgan fingerprint density at radius 3 is 2.26 bits per heavy atom. The zero-order valence-corrected chi connectivity index (χ0v) is 19.0. The Bertz CT molecular complexity index is 1080. The molecule has 4 rings (SSSR count). The van der Waals surface area contributed by atoms with Gasteiger partial charge in [-0.1, -0.05) is 56.3 Å². The van der Waals surface area contributed by atoms with Crippen molar-refractivity contribution >= 4 is 17.1 Å². The summed E-state index contributed by atoms with van der Waals surface area (Å²) < 4.78 is 2.23. The van der Waals surface area contributed by atoms with Crippen LogP contribution in [0.5, 0.6) is 0 Å². The Morgan fingerprint density at radius 2 is 1.55 bits per heavy atom. The zero-order valence-electron chi connectivity index (χ0n) is 19.0. The molecule has 2 aliphatic heterocycles. The van der Waals surface area contributed by atoms with E-state index in [0.717, 1.165) is 0 Å². The van der Waals surface area contributed by atoms with Gasteiger partial charge in [0.25, 0.3) is 0 Å². The van der Waals surface area contributed by atoms with Crippen LogP contribution in [0.1, 0.15) is 38.8 Å². The molecule has 2 heterocycles. The molecule has 0 unspecified atom stereocenters. The van der Waals surface area contributed by atoms with Crippen molar-refractivity contribution in [1.82, 2.24) is 0 Å². The average Bonchev–Trinajstić information content (AvgIpc) is 3.10. The molecule has 4 heteroatoms. The first-order chi connectivity index (χ1) is 14.8. The number of fused-ring (bicyclic) bond motifs is 2. The summed E-state index contributed by atoms with van der Waals surface area (Å²) in [6, 6.07) is 16.9. The predicted molar refractivity (Wildman–Crippen MR) is 127 cm³/mol. The van der Waals surface area contributed by atoms with Crippen LogP contribution in [0, 0.1) is 0 Å². The molecule has 31 heavy (non-hydrogen) atoms. The minimum Gasteiger partial charge on any atom is -0.395 e. The number of hydrogen-bond donors (Lipinski definition) is 2. The van der Waals surface area contributed by atoms with Gasteiger partial charge >= 0.3 is 0 Å². The number of para-hydroxylation sites is 2. The first-order valence-corrected chi connectivity index (χ1v) is 11.1. The van der Waals surface area contributed by atoms with Crippen molar-refractivity contribution in [3.63, 3.8) is 0 Å². The summed E-state index contributed by atoms with van der Waals surface area (Å²) >= 11 is 0. The van der Waals surface area contributed by atoms with Crippen molar-refractivity contribution in [2.75, 3.05) is 31.2 Å². The Balaban J connectivity index is 1.75. The Labute approximate surface area is 185 Å². The van der Waals surface area contributed by atoms with Crippen LogP contribution >= 0.6 is 0 Å². The highest BCUT2D eigenvalue weighted by Crippen LogP contribution is 2.47. The van der Waals surface area contributed by atoms with Gasteiger partial charge in [0.2, 0.25) is 5.69 Å². The molecule has 0 amide bonds. The molecule has 0 fully saturated rings. The van der Waals surface area contributed by atoms with Crippen LogP contribution < -0.4 is 4.90 Å². The highest BCUT2D eigenvalue weighted by atomic mass is 16.3. The third-order valence-electron chi connectivity index (χ3n) is 6.75. The summed E-state index contributed by atoms with van der Waals surface area (Å²) in [5, 5.41) is 19.4. The molecule has 0 aromatic heterocycles. The van der Waals surface area contributed by atoms with Gasteiger partial charge < -0.3 is 15.1 Å². The van der Waals surface area contributed by atoms with Crippen molar-refractivity contribution in [1.29, 1.82) is 0 Å². The second kappa shape index (κ2) is 8.10. The maximum Gasteiger partial charge on any atom is 0.209 e. The third kappa shape index (κ3) is 3.44. The lowest BCUT2D eigenvalue weighted by atomic mass is 9.81. The molecule has 0 saturated carbocycles. The maximum atomic E-state index is 9.68. The predicted octanol–water partition coefficient (Wildman–Crippen LogP) is 4.29. The number of hydrogen-bond acceptors (Lipinski definition) is 3. The summed E-state index contributed by atoms with van der Waals surface area (Å²) in [7, 11) is 0. The molecule has 162 valence electrons. The largest absolute Gasteiger partial charge is 0.395 e. The molecule has 2 aliphatic rings. The third-order valence-corrected chi connectivity index (χ3v) is 6.75. The Kier molecular flexibility index (Phi) is 5.63. The van der Waals surface area contributed by atoms with Gasteiger partial charge in [0.05, 0.1) is 12.0 Å². The highest BCUT2D eigenvalue weighted by molar-refractivity contribution is 6.03. The summed E-state index contributed by atoms with van der Waals surface area (Å²) in [6.07, 6.45) is 6.48. The fourth-order valence-corrected chi connectivity index (χ4v) is 5.19. The number of nitrogens with zero attached hydrogens (tertiary/aromatic N) is 2. The second-order valence-electron chi connectivity index (χ2n) is 9.33. The molecule has 0 spiro atoms. The van der Waals surface area contributed by atoms with Crippen LogP contribution in [-0.4, -0.2) is 46.8 Å². The maximum absolute atomic E-state index is 9.68. The lowest BCUT2D eigenvalue weighted by Crippen LogP contribution is -2.29. The molecule has 2 aromatic carbocycles. The van der Waals surface area contributed by atoms with Crippen molar-refractivity contribution in [3.8, 4) is 0 Å². The molecule has 0 aliphatic carbocycles. The van der Waals surface area contributed by atoms with Gasteiger partial charge in [-0.25, -0.2) is 0 Å². The van der Waals surface area contributed by atoms with Crippen LogP contribution in [0.15, 0.2) is 72.5 Å². The Morgan fingerprint density at radius 1 is 0.871 bits per heavy atom. The number of rotatable bonds is 6. The summed E-state index contributed by atoms with van der Waals surface area (Å²) in [4.78, 5) is 2.23.